The molecule has 0 unspecified atom stereocenters. The highest BCUT2D eigenvalue weighted by Gasteiger charge is 2.51. The van der Waals surface area contributed by atoms with Crippen molar-refractivity contribution >= 4 is 51.5 Å². The first-order chi connectivity index (χ1) is 27.6. The molecule has 2 aromatic heterocycles. The lowest BCUT2D eigenvalue weighted by molar-refractivity contribution is 0.00578. The monoisotopic (exact) mass is 848 g/mol. The summed E-state index contributed by atoms with van der Waals surface area (Å²) in [7, 11) is 6.08. The minimum atomic E-state index is -0.384. The zero-order valence-electron chi connectivity index (χ0n) is 34.0. The molecule has 12 nitrogen and oxygen atoms in total. The molecule has 3 heterocycles. The maximum Gasteiger partial charge on any atom is 0.494 e. The molecule has 8 N–H and O–H groups in total. The van der Waals surface area contributed by atoms with E-state index in [1.165, 1.54) is 0 Å². The second kappa shape index (κ2) is 18.5. The Hall–Kier alpha value is -5.96. The molecule has 6 aromatic rings. The van der Waals surface area contributed by atoms with E-state index >= 15 is 0 Å². The molecule has 0 radical (unpaired) electrons. The van der Waals surface area contributed by atoms with Gasteiger partial charge in [-0.1, -0.05) is 36.4 Å². The van der Waals surface area contributed by atoms with Crippen molar-refractivity contribution in [3.8, 4) is 56.4 Å². The fourth-order valence-electron chi connectivity index (χ4n) is 5.87. The van der Waals surface area contributed by atoms with Crippen molar-refractivity contribution in [2.75, 3.05) is 51.4 Å². The van der Waals surface area contributed by atoms with Crippen molar-refractivity contribution in [3.05, 3.63) is 114 Å². The van der Waals surface area contributed by atoms with Gasteiger partial charge in [0.05, 0.1) is 39.6 Å². The molecule has 0 amide bonds. The van der Waals surface area contributed by atoms with Gasteiger partial charge in [0.15, 0.2) is 23.0 Å². The minimum Gasteiger partial charge on any atom is -0.493 e. The minimum absolute atomic E-state index is 0.342. The van der Waals surface area contributed by atoms with Gasteiger partial charge >= 0.3 is 7.12 Å². The first kappa shape index (κ1) is 43.2. The largest absolute Gasteiger partial charge is 0.494 e. The van der Waals surface area contributed by atoms with Crippen LogP contribution in [0.25, 0.3) is 33.4 Å². The normalized spacial score (nSPS) is 13.6. The third kappa shape index (κ3) is 10.1. The quantitative estimate of drug-likeness (QED) is 0.0850. The standard InChI is InChI=1S/C19H19N3O2.C14H21BO4.C11H10BrN3/c1-23-17-8-5-13(10-18(17)24-2)14-9-16(19(21)22-11-14)12-3-6-15(20)7-4-12;1-13(2)14(3,4)19-15(18-13)10-7-8-11(16-5)12(9-10)17-6;12-8-5-10(11(14)15-6-8)7-1-3-9(13)4-2-7/h3-11H,20H2,1-2H3,(H2,21,22);7-9H,1-6H3;1-6H,13H2,(H2,14,15). The van der Waals surface area contributed by atoms with Crippen LogP contribution in [0.15, 0.2) is 114 Å². The number of ether oxygens (including phenoxy) is 4. The molecule has 1 aliphatic heterocycles. The number of nitrogen functional groups attached to an aromatic ring is 4. The van der Waals surface area contributed by atoms with E-state index in [2.05, 4.69) is 25.9 Å². The smallest absolute Gasteiger partial charge is 0.493 e. The molecule has 0 aliphatic carbocycles. The van der Waals surface area contributed by atoms with E-state index in [-0.39, 0.29) is 18.3 Å². The summed E-state index contributed by atoms with van der Waals surface area (Å²) in [6, 6.07) is 30.5. The van der Waals surface area contributed by atoms with E-state index in [1.54, 1.807) is 40.8 Å². The molecule has 0 atom stereocenters. The van der Waals surface area contributed by atoms with Gasteiger partial charge in [0.2, 0.25) is 0 Å². The van der Waals surface area contributed by atoms with E-state index in [0.29, 0.717) is 40.3 Å². The average molecular weight is 850 g/mol. The number of nitrogens with two attached hydrogens (primary N) is 4. The lowest BCUT2D eigenvalue weighted by Crippen LogP contribution is -2.41. The predicted octanol–water partition coefficient (Wildman–Crippen LogP) is 8.28. The Morgan fingerprint density at radius 1 is 0.500 bits per heavy atom. The van der Waals surface area contributed by atoms with Crippen molar-refractivity contribution in [1.82, 2.24) is 9.97 Å². The fraction of sp³-hybridized carbons (Fsp3) is 0.227. The van der Waals surface area contributed by atoms with E-state index < -0.39 is 0 Å². The van der Waals surface area contributed by atoms with Crippen LogP contribution in [0.2, 0.25) is 0 Å². The summed E-state index contributed by atoms with van der Waals surface area (Å²) >= 11 is 3.37. The number of methoxy groups -OCH3 is 4. The molecule has 1 fully saturated rings. The highest BCUT2D eigenvalue weighted by Crippen LogP contribution is 2.38. The van der Waals surface area contributed by atoms with Gasteiger partial charge in [0.1, 0.15) is 11.6 Å². The lowest BCUT2D eigenvalue weighted by Gasteiger charge is -2.32. The van der Waals surface area contributed by atoms with Gasteiger partial charge in [0, 0.05) is 44.9 Å². The SMILES string of the molecule is COc1ccc(-c2cnc(N)c(-c3ccc(N)cc3)c2)cc1OC.COc1ccc(B2OC(C)(C)C(C)(C)O2)cc1OC.Nc1ccc(-c2cc(Br)cnc2N)cc1. The number of hydrogen-bond donors (Lipinski definition) is 4. The Morgan fingerprint density at radius 3 is 1.43 bits per heavy atom. The predicted molar refractivity (Wildman–Crippen MR) is 238 cm³/mol. The van der Waals surface area contributed by atoms with Crippen molar-refractivity contribution < 1.29 is 28.3 Å². The summed E-state index contributed by atoms with van der Waals surface area (Å²) in [6.45, 7) is 8.14. The first-order valence-corrected chi connectivity index (χ1v) is 19.1. The topological polar surface area (TPSA) is 185 Å². The van der Waals surface area contributed by atoms with E-state index in [4.69, 9.17) is 51.2 Å². The number of anilines is 4. The zero-order valence-corrected chi connectivity index (χ0v) is 35.6. The van der Waals surface area contributed by atoms with E-state index in [1.807, 2.05) is 125 Å². The molecule has 14 heteroatoms. The molecule has 0 spiro atoms. The number of aromatic nitrogens is 2. The summed E-state index contributed by atoms with van der Waals surface area (Å²) in [5.41, 5.74) is 30.6. The number of nitrogens with zero attached hydrogens (tertiary/aromatic N) is 2. The number of benzene rings is 4. The highest BCUT2D eigenvalue weighted by atomic mass is 79.9. The molecular weight excluding hydrogens is 799 g/mol. The second-order valence-electron chi connectivity index (χ2n) is 14.3. The Kier molecular flexibility index (Phi) is 13.8. The van der Waals surface area contributed by atoms with Crippen LogP contribution >= 0.6 is 15.9 Å². The lowest BCUT2D eigenvalue weighted by atomic mass is 9.79. The van der Waals surface area contributed by atoms with E-state index in [9.17, 15) is 0 Å². The van der Waals surface area contributed by atoms with Crippen LogP contribution in [-0.2, 0) is 9.31 Å². The molecule has 1 aliphatic rings. The fourth-order valence-corrected chi connectivity index (χ4v) is 6.20. The van der Waals surface area contributed by atoms with Crippen LogP contribution in [-0.4, -0.2) is 56.7 Å². The summed E-state index contributed by atoms with van der Waals surface area (Å²) in [6.07, 6.45) is 3.42. The molecule has 4 aromatic carbocycles. The summed E-state index contributed by atoms with van der Waals surface area (Å²) in [4.78, 5) is 8.40. The summed E-state index contributed by atoms with van der Waals surface area (Å²) in [5.74, 6) is 3.72. The second-order valence-corrected chi connectivity index (χ2v) is 15.2. The van der Waals surface area contributed by atoms with Gasteiger partial charge in [-0.15, -0.1) is 0 Å². The molecule has 0 saturated carbocycles. The van der Waals surface area contributed by atoms with Gasteiger partial charge in [0.25, 0.3) is 0 Å². The van der Waals surface area contributed by atoms with Crippen molar-refractivity contribution in [2.45, 2.75) is 38.9 Å². The van der Waals surface area contributed by atoms with Crippen molar-refractivity contribution in [2.24, 2.45) is 0 Å². The molecule has 58 heavy (non-hydrogen) atoms. The Labute approximate surface area is 349 Å². The molecular formula is C44H50BBrN6O6. The number of halogens is 1. The van der Waals surface area contributed by atoms with Crippen molar-refractivity contribution in [3.63, 3.8) is 0 Å². The van der Waals surface area contributed by atoms with Crippen LogP contribution in [0.3, 0.4) is 0 Å². The summed E-state index contributed by atoms with van der Waals surface area (Å²) < 4.78 is 34.1. The Balaban J connectivity index is 0.000000170. The van der Waals surface area contributed by atoms with Crippen LogP contribution < -0.4 is 47.3 Å². The molecule has 1 saturated heterocycles. The van der Waals surface area contributed by atoms with Gasteiger partial charge in [-0.25, -0.2) is 9.97 Å². The maximum absolute atomic E-state index is 6.05. The van der Waals surface area contributed by atoms with Crippen LogP contribution in [0.4, 0.5) is 23.0 Å². The van der Waals surface area contributed by atoms with Crippen LogP contribution in [0, 0.1) is 0 Å². The third-order valence-electron chi connectivity index (χ3n) is 9.90. The molecule has 302 valence electrons. The van der Waals surface area contributed by atoms with Gasteiger partial charge in [-0.05, 0) is 126 Å². The van der Waals surface area contributed by atoms with Gasteiger partial charge in [-0.3, -0.25) is 0 Å². The zero-order chi connectivity index (χ0) is 42.2. The van der Waals surface area contributed by atoms with Gasteiger partial charge < -0.3 is 51.2 Å². The van der Waals surface area contributed by atoms with Crippen LogP contribution in [0.1, 0.15) is 27.7 Å². The van der Waals surface area contributed by atoms with Crippen molar-refractivity contribution in [1.29, 1.82) is 0 Å². The van der Waals surface area contributed by atoms with Gasteiger partial charge in [-0.2, -0.15) is 0 Å². The maximum atomic E-state index is 6.05. The number of pyridine rings is 2. The first-order valence-electron chi connectivity index (χ1n) is 18.3. The number of rotatable bonds is 8. The molecule has 0 bridgehead atoms. The molecule has 7 rings (SSSR count). The third-order valence-corrected chi connectivity index (χ3v) is 10.3. The highest BCUT2D eigenvalue weighted by molar-refractivity contribution is 9.10. The average Bonchev–Trinajstić information content (AvgIpc) is 3.45. The number of hydrogen-bond acceptors (Lipinski definition) is 12. The van der Waals surface area contributed by atoms with Crippen LogP contribution in [0.5, 0.6) is 23.0 Å². The summed E-state index contributed by atoms with van der Waals surface area (Å²) in [5, 5.41) is 0. The Morgan fingerprint density at radius 2 is 0.931 bits per heavy atom. The van der Waals surface area contributed by atoms with E-state index in [0.717, 1.165) is 49.0 Å². The Bertz CT molecular complexity index is 2310.